The van der Waals surface area contributed by atoms with Crippen LogP contribution in [0.15, 0.2) is 12.1 Å². The number of rotatable bonds is 3. The van der Waals surface area contributed by atoms with Gasteiger partial charge in [0.05, 0.1) is 17.9 Å². The first-order chi connectivity index (χ1) is 12.5. The maximum absolute atomic E-state index is 13.2. The Labute approximate surface area is 155 Å². The molecule has 1 unspecified atom stereocenters. The summed E-state index contributed by atoms with van der Waals surface area (Å²) >= 11 is 0. The molecule has 8 heteroatoms. The Morgan fingerprint density at radius 3 is 2.22 bits per heavy atom. The molecule has 2 saturated heterocycles. The first-order valence-corrected chi connectivity index (χ1v) is 8.93. The van der Waals surface area contributed by atoms with E-state index in [0.29, 0.717) is 13.0 Å². The summed E-state index contributed by atoms with van der Waals surface area (Å²) in [5.74, 6) is -5.20. The quantitative estimate of drug-likeness (QED) is 0.871. The summed E-state index contributed by atoms with van der Waals surface area (Å²) in [6.07, 6.45) is -4.20. The number of aliphatic carboxylic acids is 1. The molecule has 1 amide bonds. The number of nitrogens with zero attached hydrogens (tertiary/aromatic N) is 2. The number of benzene rings is 1. The van der Waals surface area contributed by atoms with Gasteiger partial charge in [0.2, 0.25) is 5.91 Å². The van der Waals surface area contributed by atoms with Crippen molar-refractivity contribution in [1.29, 1.82) is 0 Å². The largest absolute Gasteiger partial charge is 0.481 e. The van der Waals surface area contributed by atoms with Crippen molar-refractivity contribution in [3.63, 3.8) is 0 Å². The van der Waals surface area contributed by atoms with Gasteiger partial charge in [-0.25, -0.2) is 0 Å². The van der Waals surface area contributed by atoms with E-state index in [1.54, 1.807) is 4.90 Å². The summed E-state index contributed by atoms with van der Waals surface area (Å²) in [6, 6.07) is 3.23. The van der Waals surface area contributed by atoms with Crippen LogP contribution >= 0.6 is 0 Å². The molecule has 2 aliphatic rings. The molecule has 2 heterocycles. The van der Waals surface area contributed by atoms with Crippen molar-refractivity contribution in [3.05, 3.63) is 28.8 Å². The number of hydrogen-bond donors (Lipinski definition) is 1. The van der Waals surface area contributed by atoms with Crippen LogP contribution in [-0.2, 0) is 9.59 Å². The number of alkyl halides is 3. The van der Waals surface area contributed by atoms with Gasteiger partial charge in [0.15, 0.2) is 0 Å². The summed E-state index contributed by atoms with van der Waals surface area (Å²) in [5.41, 5.74) is 3.77. The lowest BCUT2D eigenvalue weighted by Gasteiger charge is -2.25. The van der Waals surface area contributed by atoms with Gasteiger partial charge in [-0.3, -0.25) is 14.5 Å². The van der Waals surface area contributed by atoms with Gasteiger partial charge in [-0.2, -0.15) is 13.2 Å². The molecule has 0 radical (unpaired) electrons. The summed E-state index contributed by atoms with van der Waals surface area (Å²) in [5, 5.41) is 9.18. The Hall–Kier alpha value is -2.09. The van der Waals surface area contributed by atoms with E-state index in [1.165, 1.54) is 4.90 Å². The molecular weight excluding hydrogens is 361 g/mol. The number of aryl methyl sites for hydroxylation is 3. The monoisotopic (exact) mass is 384 g/mol. The lowest BCUT2D eigenvalue weighted by Crippen LogP contribution is -2.41. The zero-order chi connectivity index (χ0) is 20.1. The summed E-state index contributed by atoms with van der Waals surface area (Å²) < 4.78 is 39.7. The van der Waals surface area contributed by atoms with Crippen LogP contribution in [0.1, 0.15) is 23.1 Å². The third-order valence-corrected chi connectivity index (χ3v) is 5.61. The molecule has 0 saturated carbocycles. The average molecular weight is 384 g/mol. The van der Waals surface area contributed by atoms with Gasteiger partial charge in [-0.1, -0.05) is 17.7 Å². The van der Waals surface area contributed by atoms with Crippen LogP contribution in [0.5, 0.6) is 0 Å². The normalized spacial score (nSPS) is 26.8. The summed E-state index contributed by atoms with van der Waals surface area (Å²) in [6.45, 7) is 5.50. The van der Waals surface area contributed by atoms with Gasteiger partial charge in [0, 0.05) is 25.3 Å². The van der Waals surface area contributed by atoms with Crippen LogP contribution < -0.4 is 4.90 Å². The molecule has 0 aromatic heterocycles. The van der Waals surface area contributed by atoms with Crippen molar-refractivity contribution in [2.45, 2.75) is 39.4 Å². The van der Waals surface area contributed by atoms with Gasteiger partial charge >= 0.3 is 12.1 Å². The van der Waals surface area contributed by atoms with Crippen molar-refractivity contribution in [2.75, 3.05) is 24.5 Å². The Morgan fingerprint density at radius 2 is 1.74 bits per heavy atom. The van der Waals surface area contributed by atoms with E-state index in [9.17, 15) is 27.9 Å². The van der Waals surface area contributed by atoms with Crippen LogP contribution in [0.2, 0.25) is 0 Å². The van der Waals surface area contributed by atoms with Crippen LogP contribution in [-0.4, -0.2) is 53.7 Å². The molecule has 1 aromatic carbocycles. The highest BCUT2D eigenvalue weighted by atomic mass is 19.4. The van der Waals surface area contributed by atoms with Gasteiger partial charge < -0.3 is 10.0 Å². The van der Waals surface area contributed by atoms with Crippen LogP contribution in [0.3, 0.4) is 0 Å². The second-order valence-electron chi connectivity index (χ2n) is 7.59. The molecule has 148 valence electrons. The van der Waals surface area contributed by atoms with E-state index in [1.807, 2.05) is 32.9 Å². The van der Waals surface area contributed by atoms with Crippen LogP contribution in [0, 0.1) is 32.6 Å². The van der Waals surface area contributed by atoms with Gasteiger partial charge in [-0.15, -0.1) is 0 Å². The smallest absolute Gasteiger partial charge is 0.393 e. The molecule has 0 bridgehead atoms. The fourth-order valence-corrected chi connectivity index (χ4v) is 4.49. The molecule has 2 aliphatic heterocycles. The van der Waals surface area contributed by atoms with E-state index >= 15 is 0 Å². The maximum atomic E-state index is 13.2. The highest BCUT2D eigenvalue weighted by molar-refractivity contribution is 6.00. The molecule has 0 spiro atoms. The third-order valence-electron chi connectivity index (χ3n) is 5.61. The number of halogens is 3. The lowest BCUT2D eigenvalue weighted by atomic mass is 9.96. The SMILES string of the molecule is Cc1cc(C)c(N2CCC(N3C[C@@H](C(F)(F)F)[C@H](C(=O)O)C3)C2=O)c(C)c1. The maximum Gasteiger partial charge on any atom is 0.393 e. The van der Waals surface area contributed by atoms with Crippen LogP contribution in [0.25, 0.3) is 0 Å². The second kappa shape index (κ2) is 6.82. The van der Waals surface area contributed by atoms with Crippen molar-refractivity contribution in [1.82, 2.24) is 4.90 Å². The topological polar surface area (TPSA) is 60.9 Å². The van der Waals surface area contributed by atoms with Gasteiger partial charge in [0.1, 0.15) is 0 Å². The Morgan fingerprint density at radius 1 is 1.15 bits per heavy atom. The number of carboxylic acids is 1. The predicted octanol–water partition coefficient (Wildman–Crippen LogP) is 2.91. The molecule has 0 aliphatic carbocycles. The molecule has 3 rings (SSSR count). The number of anilines is 1. The minimum atomic E-state index is -4.59. The van der Waals surface area contributed by atoms with E-state index in [-0.39, 0.29) is 12.5 Å². The standard InChI is InChI=1S/C19H23F3N2O3/c1-10-6-11(2)16(12(3)7-10)24-5-4-15(17(24)25)23-8-13(18(26)27)14(9-23)19(20,21)22/h6-7,13-15H,4-5,8-9H2,1-3H3,(H,26,27)/t13-,14-,15?/m1/s1. The molecule has 3 atom stereocenters. The Kier molecular flexibility index (Phi) is 4.96. The number of hydrogen-bond acceptors (Lipinski definition) is 3. The third kappa shape index (κ3) is 3.54. The van der Waals surface area contributed by atoms with E-state index in [2.05, 4.69) is 0 Å². The zero-order valence-electron chi connectivity index (χ0n) is 15.5. The number of amides is 1. The lowest BCUT2D eigenvalue weighted by molar-refractivity contribution is -0.188. The summed E-state index contributed by atoms with van der Waals surface area (Å²) in [7, 11) is 0. The number of carboxylic acid groups (broad SMARTS) is 1. The highest BCUT2D eigenvalue weighted by Gasteiger charge is 2.55. The molecular formula is C19H23F3N2O3. The molecule has 5 nitrogen and oxygen atoms in total. The molecule has 1 N–H and O–H groups in total. The average Bonchev–Trinajstić information content (AvgIpc) is 3.11. The molecule has 1 aromatic rings. The van der Waals surface area contributed by atoms with Crippen molar-refractivity contribution >= 4 is 17.6 Å². The fourth-order valence-electron chi connectivity index (χ4n) is 4.49. The van der Waals surface area contributed by atoms with Crippen molar-refractivity contribution < 1.29 is 27.9 Å². The van der Waals surface area contributed by atoms with E-state index < -0.39 is 36.6 Å². The molecule has 2 fully saturated rings. The van der Waals surface area contributed by atoms with E-state index in [4.69, 9.17) is 0 Å². The van der Waals surface area contributed by atoms with Crippen LogP contribution in [0.4, 0.5) is 18.9 Å². The summed E-state index contributed by atoms with van der Waals surface area (Å²) in [4.78, 5) is 27.3. The first kappa shape index (κ1) is 19.7. The number of carbonyl (C=O) groups is 2. The number of likely N-dealkylation sites (tertiary alicyclic amines) is 1. The molecule has 27 heavy (non-hydrogen) atoms. The fraction of sp³-hybridized carbons (Fsp3) is 0.579. The minimum Gasteiger partial charge on any atom is -0.481 e. The van der Waals surface area contributed by atoms with Crippen molar-refractivity contribution in [3.8, 4) is 0 Å². The highest BCUT2D eigenvalue weighted by Crippen LogP contribution is 2.40. The van der Waals surface area contributed by atoms with Gasteiger partial charge in [0.25, 0.3) is 0 Å². The Bertz CT molecular complexity index is 755. The number of carbonyl (C=O) groups excluding carboxylic acids is 1. The second-order valence-corrected chi connectivity index (χ2v) is 7.59. The Balaban J connectivity index is 1.83. The zero-order valence-corrected chi connectivity index (χ0v) is 15.5. The predicted molar refractivity (Wildman–Crippen MR) is 93.7 cm³/mol. The van der Waals surface area contributed by atoms with E-state index in [0.717, 1.165) is 22.4 Å². The first-order valence-electron chi connectivity index (χ1n) is 8.93. The van der Waals surface area contributed by atoms with Crippen molar-refractivity contribution in [2.24, 2.45) is 11.8 Å². The van der Waals surface area contributed by atoms with Gasteiger partial charge in [-0.05, 0) is 38.3 Å². The minimum absolute atomic E-state index is 0.253.